The number of ether oxygens (including phenoxy) is 1. The summed E-state index contributed by atoms with van der Waals surface area (Å²) in [6, 6.07) is 0. The molecule has 232 valence electrons. The standard InChI is InChI=1S/C31H55NO8/c1-7-8-9-10-11-15-29(2,3)16-12-17-30(4,5)31(6,22-13-18-32-19-14-22)40-26(35)21-24(28(38)39)23(27(36)37)20-25(33)34/h22-24,32H,7-21H2,1-6H3,(H,33,34)(H,36,37)(H,38,39). The third kappa shape index (κ3) is 11.4. The summed E-state index contributed by atoms with van der Waals surface area (Å²) in [6.07, 6.45) is 10.3. The maximum absolute atomic E-state index is 13.3. The molecule has 0 saturated carbocycles. The molecule has 40 heavy (non-hydrogen) atoms. The number of rotatable bonds is 20. The molecule has 0 aromatic rings. The number of hydrogen-bond donors (Lipinski definition) is 4. The van der Waals surface area contributed by atoms with Gasteiger partial charge >= 0.3 is 23.9 Å². The van der Waals surface area contributed by atoms with Gasteiger partial charge in [0.15, 0.2) is 0 Å². The van der Waals surface area contributed by atoms with Gasteiger partial charge in [0, 0.05) is 11.3 Å². The fourth-order valence-corrected chi connectivity index (χ4v) is 6.19. The summed E-state index contributed by atoms with van der Waals surface area (Å²) in [5, 5.41) is 31.6. The molecule has 0 bridgehead atoms. The van der Waals surface area contributed by atoms with E-state index < -0.39 is 59.6 Å². The molecule has 0 aromatic heterocycles. The summed E-state index contributed by atoms with van der Waals surface area (Å²) in [6.45, 7) is 14.5. The Bertz CT molecular complexity index is 833. The van der Waals surface area contributed by atoms with Crippen molar-refractivity contribution in [2.75, 3.05) is 13.1 Å². The number of unbranched alkanes of at least 4 members (excludes halogenated alkanes) is 4. The molecular formula is C31H55NO8. The van der Waals surface area contributed by atoms with Crippen LogP contribution in [0.15, 0.2) is 0 Å². The highest BCUT2D eigenvalue weighted by Gasteiger charge is 2.50. The first-order valence-corrected chi connectivity index (χ1v) is 15.2. The highest BCUT2D eigenvalue weighted by molar-refractivity contribution is 5.86. The lowest BCUT2D eigenvalue weighted by Gasteiger charge is -2.50. The monoisotopic (exact) mass is 569 g/mol. The first-order chi connectivity index (χ1) is 18.6. The third-order valence-electron chi connectivity index (χ3n) is 9.30. The topological polar surface area (TPSA) is 150 Å². The molecule has 0 radical (unpaired) electrons. The minimum Gasteiger partial charge on any atom is -0.481 e. The number of nitrogens with one attached hydrogen (secondary N) is 1. The number of esters is 1. The molecule has 0 aliphatic carbocycles. The molecule has 3 unspecified atom stereocenters. The SMILES string of the molecule is CCCCCCCC(C)(C)CCCC(C)(C)C(C)(OC(=O)CC(C(=O)O)C(CC(=O)O)C(=O)O)C1CCNCC1. The van der Waals surface area contributed by atoms with Crippen LogP contribution in [0.3, 0.4) is 0 Å². The van der Waals surface area contributed by atoms with Crippen LogP contribution in [0.2, 0.25) is 0 Å². The smallest absolute Gasteiger partial charge is 0.307 e. The molecule has 1 aliphatic heterocycles. The second-order valence-electron chi connectivity index (χ2n) is 13.4. The van der Waals surface area contributed by atoms with Crippen LogP contribution in [0.1, 0.15) is 125 Å². The van der Waals surface area contributed by atoms with Gasteiger partial charge in [-0.05, 0) is 57.5 Å². The number of carbonyl (C=O) groups excluding carboxylic acids is 1. The van der Waals surface area contributed by atoms with E-state index in [2.05, 4.69) is 39.9 Å². The minimum atomic E-state index is -1.73. The Morgan fingerprint density at radius 1 is 0.775 bits per heavy atom. The van der Waals surface area contributed by atoms with E-state index in [1.165, 1.54) is 38.5 Å². The number of carboxylic acid groups (broad SMARTS) is 3. The molecule has 0 amide bonds. The summed E-state index contributed by atoms with van der Waals surface area (Å²) in [5.74, 6) is -8.69. The molecule has 9 nitrogen and oxygen atoms in total. The zero-order valence-corrected chi connectivity index (χ0v) is 25.7. The highest BCUT2D eigenvalue weighted by Crippen LogP contribution is 2.47. The van der Waals surface area contributed by atoms with Gasteiger partial charge in [-0.25, -0.2) is 0 Å². The Morgan fingerprint density at radius 2 is 1.30 bits per heavy atom. The van der Waals surface area contributed by atoms with Crippen molar-refractivity contribution < 1.29 is 39.2 Å². The van der Waals surface area contributed by atoms with Gasteiger partial charge < -0.3 is 25.4 Å². The predicted molar refractivity (Wildman–Crippen MR) is 154 cm³/mol. The number of carboxylic acids is 3. The van der Waals surface area contributed by atoms with Gasteiger partial charge in [0.25, 0.3) is 0 Å². The van der Waals surface area contributed by atoms with E-state index in [1.807, 2.05) is 6.92 Å². The van der Waals surface area contributed by atoms with Gasteiger partial charge in [0.05, 0.1) is 24.7 Å². The van der Waals surface area contributed by atoms with Crippen LogP contribution in [0.4, 0.5) is 0 Å². The second-order valence-corrected chi connectivity index (χ2v) is 13.4. The molecule has 0 spiro atoms. The average Bonchev–Trinajstić information content (AvgIpc) is 2.85. The molecule has 1 fully saturated rings. The molecule has 3 atom stereocenters. The van der Waals surface area contributed by atoms with Crippen LogP contribution in [0.5, 0.6) is 0 Å². The lowest BCUT2D eigenvalue weighted by Crippen LogP contribution is -2.54. The molecule has 0 aromatic carbocycles. The summed E-state index contributed by atoms with van der Waals surface area (Å²) in [7, 11) is 0. The number of hydrogen-bond acceptors (Lipinski definition) is 6. The van der Waals surface area contributed by atoms with E-state index >= 15 is 0 Å². The van der Waals surface area contributed by atoms with E-state index in [4.69, 9.17) is 9.84 Å². The van der Waals surface area contributed by atoms with E-state index in [0.717, 1.165) is 45.2 Å². The van der Waals surface area contributed by atoms with E-state index in [0.29, 0.717) is 0 Å². The summed E-state index contributed by atoms with van der Waals surface area (Å²) < 4.78 is 6.17. The van der Waals surface area contributed by atoms with Crippen molar-refractivity contribution >= 4 is 23.9 Å². The quantitative estimate of drug-likeness (QED) is 0.100. The van der Waals surface area contributed by atoms with E-state index in [1.54, 1.807) is 0 Å². The van der Waals surface area contributed by atoms with E-state index in [-0.39, 0.29) is 11.3 Å². The van der Waals surface area contributed by atoms with Crippen LogP contribution in [0, 0.1) is 28.6 Å². The Labute approximate surface area is 240 Å². The summed E-state index contributed by atoms with van der Waals surface area (Å²) >= 11 is 0. The van der Waals surface area contributed by atoms with Crippen LogP contribution in [0.25, 0.3) is 0 Å². The lowest BCUT2D eigenvalue weighted by molar-refractivity contribution is -0.189. The van der Waals surface area contributed by atoms with Crippen molar-refractivity contribution in [1.82, 2.24) is 5.32 Å². The summed E-state index contributed by atoms with van der Waals surface area (Å²) in [4.78, 5) is 48.0. The molecule has 1 aliphatic rings. The van der Waals surface area contributed by atoms with Gasteiger partial charge in [0.2, 0.25) is 0 Å². The van der Waals surface area contributed by atoms with E-state index in [9.17, 15) is 29.4 Å². The fourth-order valence-electron chi connectivity index (χ4n) is 6.19. The number of carbonyl (C=O) groups is 4. The lowest BCUT2D eigenvalue weighted by atomic mass is 9.63. The zero-order chi connectivity index (χ0) is 30.6. The fraction of sp³-hybridized carbons (Fsp3) is 0.871. The van der Waals surface area contributed by atoms with Gasteiger partial charge in [-0.15, -0.1) is 0 Å². The molecule has 9 heteroatoms. The van der Waals surface area contributed by atoms with Gasteiger partial charge in [0.1, 0.15) is 5.60 Å². The molecular weight excluding hydrogens is 514 g/mol. The maximum Gasteiger partial charge on any atom is 0.307 e. The van der Waals surface area contributed by atoms with Crippen LogP contribution >= 0.6 is 0 Å². The highest BCUT2D eigenvalue weighted by atomic mass is 16.6. The minimum absolute atomic E-state index is 0.0526. The molecule has 1 saturated heterocycles. The van der Waals surface area contributed by atoms with Crippen molar-refractivity contribution in [3.63, 3.8) is 0 Å². The molecule has 1 heterocycles. The summed E-state index contributed by atoms with van der Waals surface area (Å²) in [5.41, 5.74) is -1.10. The van der Waals surface area contributed by atoms with Crippen molar-refractivity contribution in [2.24, 2.45) is 28.6 Å². The van der Waals surface area contributed by atoms with Crippen molar-refractivity contribution in [3.8, 4) is 0 Å². The number of aliphatic carboxylic acids is 3. The largest absolute Gasteiger partial charge is 0.481 e. The van der Waals surface area contributed by atoms with Gasteiger partial charge in [-0.1, -0.05) is 73.1 Å². The normalized spacial score (nSPS) is 17.9. The Balaban J connectivity index is 3.02. The van der Waals surface area contributed by atoms with Crippen molar-refractivity contribution in [1.29, 1.82) is 0 Å². The van der Waals surface area contributed by atoms with Crippen molar-refractivity contribution in [2.45, 2.75) is 131 Å². The third-order valence-corrected chi connectivity index (χ3v) is 9.30. The van der Waals surface area contributed by atoms with Crippen molar-refractivity contribution in [3.05, 3.63) is 0 Å². The van der Waals surface area contributed by atoms with Crippen LogP contribution < -0.4 is 5.32 Å². The molecule has 1 rings (SSSR count). The van der Waals surface area contributed by atoms with Gasteiger partial charge in [-0.2, -0.15) is 0 Å². The van der Waals surface area contributed by atoms with Crippen LogP contribution in [-0.4, -0.2) is 57.9 Å². The predicted octanol–water partition coefficient (Wildman–Crippen LogP) is 6.14. The second kappa shape index (κ2) is 16.3. The first kappa shape index (κ1) is 35.9. The Morgan fingerprint density at radius 3 is 1.82 bits per heavy atom. The number of piperidine rings is 1. The Kier molecular flexibility index (Phi) is 14.6. The average molecular weight is 570 g/mol. The first-order valence-electron chi connectivity index (χ1n) is 15.2. The molecule has 4 N–H and O–H groups in total. The van der Waals surface area contributed by atoms with Gasteiger partial charge in [-0.3, -0.25) is 19.2 Å². The zero-order valence-electron chi connectivity index (χ0n) is 25.7. The van der Waals surface area contributed by atoms with Crippen LogP contribution in [-0.2, 0) is 23.9 Å². The maximum atomic E-state index is 13.3. The Hall–Kier alpha value is -2.16.